The monoisotopic (exact) mass is 515 g/mol. The highest BCUT2D eigenvalue weighted by molar-refractivity contribution is 6.30. The topological polar surface area (TPSA) is 94.5 Å². The highest BCUT2D eigenvalue weighted by Gasteiger charge is 2.28. The standard InChI is InChI=1S/C25H24ClF2N5O2.CH4/c1-25(2,29)24(34)30-21(14-35-13-15-6-4-3-5-7-15)23-32-31-22-20(10-17(26)12-33(22)23)16-8-18(27)11-19(28)9-16;/h3-12,21H,13-14,29H2,1-2H3,(H,30,34);1H4/t21-;/m1./s1. The number of ether oxygens (including phenoxy) is 1. The number of pyridine rings is 1. The van der Waals surface area contributed by atoms with Gasteiger partial charge in [0, 0.05) is 17.8 Å². The Morgan fingerprint density at radius 1 is 1.14 bits per heavy atom. The first-order valence-electron chi connectivity index (χ1n) is 10.8. The number of halogens is 3. The molecule has 0 saturated carbocycles. The molecule has 0 radical (unpaired) electrons. The second kappa shape index (κ2) is 11.1. The summed E-state index contributed by atoms with van der Waals surface area (Å²) in [6, 6.07) is 13.5. The quantitative estimate of drug-likeness (QED) is 0.341. The molecule has 190 valence electrons. The fourth-order valence-electron chi connectivity index (χ4n) is 3.53. The van der Waals surface area contributed by atoms with Gasteiger partial charge in [0.2, 0.25) is 5.91 Å². The number of amides is 1. The van der Waals surface area contributed by atoms with Gasteiger partial charge in [-0.3, -0.25) is 9.20 Å². The Bertz CT molecular complexity index is 1340. The van der Waals surface area contributed by atoms with E-state index in [4.69, 9.17) is 22.1 Å². The smallest absolute Gasteiger partial charge is 0.240 e. The van der Waals surface area contributed by atoms with E-state index in [1.807, 2.05) is 30.3 Å². The van der Waals surface area contributed by atoms with E-state index in [0.717, 1.165) is 11.6 Å². The van der Waals surface area contributed by atoms with Crippen molar-refractivity contribution in [3.8, 4) is 11.1 Å². The minimum Gasteiger partial charge on any atom is -0.374 e. The molecule has 0 aliphatic rings. The number of nitrogens with zero attached hydrogens (tertiary/aromatic N) is 3. The maximum atomic E-state index is 13.9. The Hall–Kier alpha value is -3.40. The van der Waals surface area contributed by atoms with Gasteiger partial charge in [0.25, 0.3) is 0 Å². The highest BCUT2D eigenvalue weighted by atomic mass is 35.5. The molecule has 0 bridgehead atoms. The first-order valence-corrected chi connectivity index (χ1v) is 11.2. The zero-order chi connectivity index (χ0) is 25.2. The maximum absolute atomic E-state index is 13.9. The lowest BCUT2D eigenvalue weighted by Crippen LogP contribution is -2.50. The van der Waals surface area contributed by atoms with Crippen LogP contribution in [0.2, 0.25) is 5.02 Å². The molecule has 2 heterocycles. The van der Waals surface area contributed by atoms with Crippen LogP contribution in [0.3, 0.4) is 0 Å². The summed E-state index contributed by atoms with van der Waals surface area (Å²) in [6.45, 7) is 3.54. The average molecular weight is 516 g/mol. The lowest BCUT2D eigenvalue weighted by Gasteiger charge is -2.23. The molecule has 36 heavy (non-hydrogen) atoms. The van der Waals surface area contributed by atoms with Crippen LogP contribution in [0, 0.1) is 11.6 Å². The molecule has 2 aromatic carbocycles. The van der Waals surface area contributed by atoms with Crippen LogP contribution in [-0.4, -0.2) is 32.7 Å². The van der Waals surface area contributed by atoms with Crippen molar-refractivity contribution in [3.05, 3.63) is 88.8 Å². The van der Waals surface area contributed by atoms with Gasteiger partial charge in [0.1, 0.15) is 17.7 Å². The zero-order valence-corrected chi connectivity index (χ0v) is 19.9. The van der Waals surface area contributed by atoms with Gasteiger partial charge in [-0.25, -0.2) is 8.78 Å². The fourth-order valence-corrected chi connectivity index (χ4v) is 3.74. The minimum absolute atomic E-state index is 0. The van der Waals surface area contributed by atoms with Gasteiger partial charge in [-0.1, -0.05) is 49.4 Å². The highest BCUT2D eigenvalue weighted by Crippen LogP contribution is 2.30. The van der Waals surface area contributed by atoms with E-state index in [1.54, 1.807) is 30.5 Å². The molecule has 2 aromatic heterocycles. The van der Waals surface area contributed by atoms with Crippen molar-refractivity contribution in [2.24, 2.45) is 5.73 Å². The van der Waals surface area contributed by atoms with Crippen molar-refractivity contribution < 1.29 is 18.3 Å². The summed E-state index contributed by atoms with van der Waals surface area (Å²) in [5, 5.41) is 11.6. The van der Waals surface area contributed by atoms with E-state index in [9.17, 15) is 13.6 Å². The number of carbonyl (C=O) groups is 1. The van der Waals surface area contributed by atoms with Crippen molar-refractivity contribution in [2.75, 3.05) is 6.61 Å². The van der Waals surface area contributed by atoms with Crippen LogP contribution in [0.25, 0.3) is 16.8 Å². The number of carbonyl (C=O) groups excluding carboxylic acids is 1. The molecule has 3 N–H and O–H groups in total. The van der Waals surface area contributed by atoms with Gasteiger partial charge < -0.3 is 15.8 Å². The summed E-state index contributed by atoms with van der Waals surface area (Å²) < 4.78 is 35.2. The number of nitrogens with one attached hydrogen (secondary N) is 1. The van der Waals surface area contributed by atoms with E-state index < -0.39 is 29.1 Å². The average Bonchev–Trinajstić information content (AvgIpc) is 3.20. The summed E-state index contributed by atoms with van der Waals surface area (Å²) in [6.07, 6.45) is 1.56. The Labute approximate surface area is 213 Å². The maximum Gasteiger partial charge on any atom is 0.240 e. The Balaban J connectivity index is 0.00000361. The number of benzene rings is 2. The van der Waals surface area contributed by atoms with Crippen LogP contribution in [-0.2, 0) is 16.1 Å². The molecule has 0 aliphatic heterocycles. The molecule has 0 fully saturated rings. The van der Waals surface area contributed by atoms with Gasteiger partial charge in [-0.15, -0.1) is 10.2 Å². The molecular formula is C26H28ClF2N5O2. The van der Waals surface area contributed by atoms with Crippen molar-refractivity contribution in [1.82, 2.24) is 19.9 Å². The molecule has 7 nitrogen and oxygen atoms in total. The van der Waals surface area contributed by atoms with Crippen LogP contribution >= 0.6 is 11.6 Å². The molecule has 10 heteroatoms. The molecule has 1 amide bonds. The molecule has 4 rings (SSSR count). The minimum atomic E-state index is -1.15. The molecular weight excluding hydrogens is 488 g/mol. The van der Waals surface area contributed by atoms with Crippen molar-refractivity contribution in [1.29, 1.82) is 0 Å². The van der Waals surface area contributed by atoms with Crippen molar-refractivity contribution in [3.63, 3.8) is 0 Å². The van der Waals surface area contributed by atoms with Crippen molar-refractivity contribution in [2.45, 2.75) is 39.5 Å². The van der Waals surface area contributed by atoms with E-state index >= 15 is 0 Å². The van der Waals surface area contributed by atoms with Crippen LogP contribution in [0.4, 0.5) is 8.78 Å². The third-order valence-corrected chi connectivity index (χ3v) is 5.48. The predicted octanol–water partition coefficient (Wildman–Crippen LogP) is 5.08. The van der Waals surface area contributed by atoms with Gasteiger partial charge in [-0.05, 0) is 43.2 Å². The predicted molar refractivity (Wildman–Crippen MR) is 135 cm³/mol. The first-order chi connectivity index (χ1) is 16.6. The van der Waals surface area contributed by atoms with Gasteiger partial charge in [0.05, 0.1) is 23.8 Å². The number of hydrogen-bond acceptors (Lipinski definition) is 5. The Morgan fingerprint density at radius 2 is 1.81 bits per heavy atom. The van der Waals surface area contributed by atoms with Gasteiger partial charge in [-0.2, -0.15) is 0 Å². The lowest BCUT2D eigenvalue weighted by molar-refractivity contribution is -0.126. The number of nitrogens with two attached hydrogens (primary N) is 1. The van der Waals surface area contributed by atoms with Crippen LogP contribution in [0.1, 0.15) is 38.7 Å². The molecule has 0 saturated heterocycles. The van der Waals surface area contributed by atoms with Gasteiger partial charge in [0.15, 0.2) is 11.5 Å². The van der Waals surface area contributed by atoms with Crippen LogP contribution in [0.15, 0.2) is 60.8 Å². The molecule has 4 aromatic rings. The number of rotatable bonds is 8. The summed E-state index contributed by atoms with van der Waals surface area (Å²) in [7, 11) is 0. The zero-order valence-electron chi connectivity index (χ0n) is 19.1. The third-order valence-electron chi connectivity index (χ3n) is 5.27. The molecule has 0 unspecified atom stereocenters. The number of hydrogen-bond donors (Lipinski definition) is 2. The SMILES string of the molecule is C.CC(C)(N)C(=O)N[C@H](COCc1ccccc1)c1nnc2c(-c3cc(F)cc(F)c3)cc(Cl)cn12. The summed E-state index contributed by atoms with van der Waals surface area (Å²) in [5.41, 5.74) is 6.72. The summed E-state index contributed by atoms with van der Waals surface area (Å²) >= 11 is 6.35. The molecule has 0 aliphatic carbocycles. The normalized spacial score (nSPS) is 12.3. The number of fused-ring (bicyclic) bond motifs is 1. The van der Waals surface area contributed by atoms with Crippen LogP contribution in [0.5, 0.6) is 0 Å². The number of aromatic nitrogens is 3. The van der Waals surface area contributed by atoms with Crippen molar-refractivity contribution >= 4 is 23.2 Å². The Morgan fingerprint density at radius 3 is 2.44 bits per heavy atom. The van der Waals surface area contributed by atoms with E-state index in [-0.39, 0.29) is 24.6 Å². The molecule has 0 spiro atoms. The summed E-state index contributed by atoms with van der Waals surface area (Å²) in [4.78, 5) is 12.7. The van der Waals surface area contributed by atoms with E-state index in [1.165, 1.54) is 12.1 Å². The fraction of sp³-hybridized carbons (Fsp3) is 0.269. The molecule has 1 atom stereocenters. The third kappa shape index (κ3) is 6.23. The van der Waals surface area contributed by atoms with E-state index in [2.05, 4.69) is 15.5 Å². The second-order valence-electron chi connectivity index (χ2n) is 8.73. The second-order valence-corrected chi connectivity index (χ2v) is 9.17. The largest absolute Gasteiger partial charge is 0.374 e. The van der Waals surface area contributed by atoms with Crippen LogP contribution < -0.4 is 11.1 Å². The Kier molecular flexibility index (Phi) is 8.39. The van der Waals surface area contributed by atoms with E-state index in [0.29, 0.717) is 23.6 Å². The lowest BCUT2D eigenvalue weighted by atomic mass is 10.1. The summed E-state index contributed by atoms with van der Waals surface area (Å²) in [5.74, 6) is -1.56. The van der Waals surface area contributed by atoms with Gasteiger partial charge >= 0.3 is 0 Å². The first kappa shape index (κ1) is 27.2.